The molecule has 0 saturated heterocycles. The molecule has 0 spiro atoms. The molecule has 4 nitrogen and oxygen atoms in total. The molecular formula is C7H14N4. The largest absolute Gasteiger partial charge is 0.330 e. The molecule has 0 unspecified atom stereocenters. The second-order valence-electron chi connectivity index (χ2n) is 2.47. The summed E-state index contributed by atoms with van der Waals surface area (Å²) in [6, 6.07) is 0. The molecule has 1 aromatic rings. The summed E-state index contributed by atoms with van der Waals surface area (Å²) >= 11 is 0. The summed E-state index contributed by atoms with van der Waals surface area (Å²) in [5.41, 5.74) is 6.40. The lowest BCUT2D eigenvalue weighted by Crippen LogP contribution is -2.06. The average Bonchev–Trinajstić information content (AvgIpc) is 2.48. The highest BCUT2D eigenvalue weighted by atomic mass is 15.4. The first kappa shape index (κ1) is 8.20. The summed E-state index contributed by atoms with van der Waals surface area (Å²) in [5.74, 6) is 0. The molecule has 4 heteroatoms. The van der Waals surface area contributed by atoms with Gasteiger partial charge in [0.05, 0.1) is 5.69 Å². The smallest absolute Gasteiger partial charge is 0.0824 e. The highest BCUT2D eigenvalue weighted by Gasteiger charge is 1.95. The second-order valence-corrected chi connectivity index (χ2v) is 2.47. The van der Waals surface area contributed by atoms with Crippen molar-refractivity contribution in [2.45, 2.75) is 26.3 Å². The maximum Gasteiger partial charge on any atom is 0.0824 e. The Kier molecular flexibility index (Phi) is 3.04. The van der Waals surface area contributed by atoms with Gasteiger partial charge in [0.2, 0.25) is 0 Å². The van der Waals surface area contributed by atoms with Crippen molar-refractivity contribution >= 4 is 0 Å². The van der Waals surface area contributed by atoms with Crippen molar-refractivity contribution in [1.82, 2.24) is 15.0 Å². The van der Waals surface area contributed by atoms with E-state index in [1.165, 1.54) is 0 Å². The number of aryl methyl sites for hydroxylation is 2. The summed E-state index contributed by atoms with van der Waals surface area (Å²) in [4.78, 5) is 0. The molecule has 0 aliphatic heterocycles. The van der Waals surface area contributed by atoms with Crippen molar-refractivity contribution in [3.05, 3.63) is 11.9 Å². The Morgan fingerprint density at radius 3 is 3.00 bits per heavy atom. The molecule has 0 radical (unpaired) electrons. The van der Waals surface area contributed by atoms with Crippen LogP contribution in [0.4, 0.5) is 0 Å². The third-order valence-corrected chi connectivity index (χ3v) is 1.54. The normalized spacial score (nSPS) is 10.4. The van der Waals surface area contributed by atoms with Gasteiger partial charge in [-0.1, -0.05) is 12.1 Å². The van der Waals surface area contributed by atoms with E-state index >= 15 is 0 Å². The van der Waals surface area contributed by atoms with Crippen LogP contribution in [0.5, 0.6) is 0 Å². The van der Waals surface area contributed by atoms with Gasteiger partial charge in [0.1, 0.15) is 0 Å². The molecule has 1 aromatic heterocycles. The Labute approximate surface area is 66.4 Å². The van der Waals surface area contributed by atoms with E-state index in [1.807, 2.05) is 10.9 Å². The summed E-state index contributed by atoms with van der Waals surface area (Å²) in [6.45, 7) is 3.65. The van der Waals surface area contributed by atoms with Crippen LogP contribution in [0, 0.1) is 0 Å². The van der Waals surface area contributed by atoms with Gasteiger partial charge in [0.25, 0.3) is 0 Å². The summed E-state index contributed by atoms with van der Waals surface area (Å²) in [7, 11) is 0. The van der Waals surface area contributed by atoms with Gasteiger partial charge in [-0.25, -0.2) is 0 Å². The van der Waals surface area contributed by atoms with E-state index in [0.29, 0.717) is 6.54 Å². The highest BCUT2D eigenvalue weighted by molar-refractivity contribution is 4.90. The lowest BCUT2D eigenvalue weighted by Gasteiger charge is -1.94. The fourth-order valence-corrected chi connectivity index (χ4v) is 0.863. The van der Waals surface area contributed by atoms with Crippen LogP contribution in [0.2, 0.25) is 0 Å². The van der Waals surface area contributed by atoms with E-state index in [2.05, 4.69) is 17.2 Å². The van der Waals surface area contributed by atoms with Crippen LogP contribution < -0.4 is 5.73 Å². The molecule has 0 bridgehead atoms. The monoisotopic (exact) mass is 154 g/mol. The number of aromatic nitrogens is 3. The van der Waals surface area contributed by atoms with Gasteiger partial charge in [0, 0.05) is 12.7 Å². The number of nitrogens with two attached hydrogens (primary N) is 1. The van der Waals surface area contributed by atoms with E-state index in [0.717, 1.165) is 25.1 Å². The van der Waals surface area contributed by atoms with Gasteiger partial charge < -0.3 is 5.73 Å². The number of rotatable bonds is 4. The molecule has 0 amide bonds. The van der Waals surface area contributed by atoms with E-state index in [4.69, 9.17) is 5.73 Å². The van der Waals surface area contributed by atoms with Crippen molar-refractivity contribution in [2.24, 2.45) is 5.73 Å². The maximum absolute atomic E-state index is 5.35. The number of nitrogens with zero attached hydrogens (tertiary/aromatic N) is 3. The Balaban J connectivity index is 2.44. The maximum atomic E-state index is 5.35. The second kappa shape index (κ2) is 4.08. The zero-order valence-electron chi connectivity index (χ0n) is 6.82. The van der Waals surface area contributed by atoms with Crippen LogP contribution in [-0.4, -0.2) is 21.5 Å². The van der Waals surface area contributed by atoms with Gasteiger partial charge in [0.15, 0.2) is 0 Å². The van der Waals surface area contributed by atoms with Gasteiger partial charge in [-0.3, -0.25) is 4.68 Å². The third kappa shape index (κ3) is 2.31. The molecule has 62 valence electrons. The number of hydrogen-bond donors (Lipinski definition) is 1. The van der Waals surface area contributed by atoms with Crippen molar-refractivity contribution in [3.8, 4) is 0 Å². The van der Waals surface area contributed by atoms with E-state index in [9.17, 15) is 0 Å². The van der Waals surface area contributed by atoms with Crippen molar-refractivity contribution in [2.75, 3.05) is 6.54 Å². The lowest BCUT2D eigenvalue weighted by molar-refractivity contribution is 0.564. The fraction of sp³-hybridized carbons (Fsp3) is 0.714. The van der Waals surface area contributed by atoms with Gasteiger partial charge >= 0.3 is 0 Å². The minimum absolute atomic E-state index is 0.710. The lowest BCUT2D eigenvalue weighted by atomic mass is 10.4. The third-order valence-electron chi connectivity index (χ3n) is 1.54. The predicted molar refractivity (Wildman–Crippen MR) is 43.1 cm³/mol. The summed E-state index contributed by atoms with van der Waals surface area (Å²) < 4.78 is 1.84. The topological polar surface area (TPSA) is 56.7 Å². The van der Waals surface area contributed by atoms with E-state index in [1.54, 1.807) is 0 Å². The molecule has 0 fully saturated rings. The zero-order valence-corrected chi connectivity index (χ0v) is 6.82. The Morgan fingerprint density at radius 2 is 2.45 bits per heavy atom. The molecular weight excluding hydrogens is 140 g/mol. The Hall–Kier alpha value is -0.900. The zero-order chi connectivity index (χ0) is 8.10. The molecule has 1 rings (SSSR count). The van der Waals surface area contributed by atoms with Crippen molar-refractivity contribution < 1.29 is 0 Å². The van der Waals surface area contributed by atoms with Crippen molar-refractivity contribution in [3.63, 3.8) is 0 Å². The number of hydrogen-bond acceptors (Lipinski definition) is 3. The van der Waals surface area contributed by atoms with Crippen LogP contribution in [-0.2, 0) is 13.0 Å². The summed E-state index contributed by atoms with van der Waals surface area (Å²) in [5, 5.41) is 7.90. The Bertz CT molecular complexity index is 206. The molecule has 0 aliphatic rings. The molecule has 2 N–H and O–H groups in total. The first-order valence-electron chi connectivity index (χ1n) is 3.96. The predicted octanol–water partition coefficient (Wildman–Crippen LogP) is 0.189. The van der Waals surface area contributed by atoms with Crippen molar-refractivity contribution in [1.29, 1.82) is 0 Å². The van der Waals surface area contributed by atoms with Crippen LogP contribution >= 0.6 is 0 Å². The van der Waals surface area contributed by atoms with Gasteiger partial charge in [-0.15, -0.1) is 5.10 Å². The fourth-order valence-electron chi connectivity index (χ4n) is 0.863. The minimum atomic E-state index is 0.710. The Morgan fingerprint density at radius 1 is 1.64 bits per heavy atom. The van der Waals surface area contributed by atoms with Crippen LogP contribution in [0.3, 0.4) is 0 Å². The molecule has 11 heavy (non-hydrogen) atoms. The van der Waals surface area contributed by atoms with Gasteiger partial charge in [-0.2, -0.15) is 0 Å². The molecule has 0 aromatic carbocycles. The molecule has 0 saturated carbocycles. The molecule has 0 aliphatic carbocycles. The van der Waals surface area contributed by atoms with Gasteiger partial charge in [-0.05, 0) is 19.4 Å². The first-order valence-corrected chi connectivity index (χ1v) is 3.96. The average molecular weight is 154 g/mol. The molecule has 0 atom stereocenters. The SMILES string of the molecule is CCc1cn(CCCN)nn1. The first-order chi connectivity index (χ1) is 5.36. The standard InChI is InChI=1S/C7H14N4/c1-2-7-6-11(10-9-7)5-3-4-8/h6H,2-5,8H2,1H3. The highest BCUT2D eigenvalue weighted by Crippen LogP contribution is 1.93. The van der Waals surface area contributed by atoms with E-state index in [-0.39, 0.29) is 0 Å². The van der Waals surface area contributed by atoms with Crippen LogP contribution in [0.15, 0.2) is 6.20 Å². The quantitative estimate of drug-likeness (QED) is 0.673. The van der Waals surface area contributed by atoms with Crippen LogP contribution in [0.1, 0.15) is 19.0 Å². The summed E-state index contributed by atoms with van der Waals surface area (Å²) in [6.07, 6.45) is 3.88. The van der Waals surface area contributed by atoms with E-state index < -0.39 is 0 Å². The minimum Gasteiger partial charge on any atom is -0.330 e. The van der Waals surface area contributed by atoms with Crippen LogP contribution in [0.25, 0.3) is 0 Å². The molecule has 1 heterocycles.